The zero-order valence-electron chi connectivity index (χ0n) is 12.0. The Morgan fingerprint density at radius 2 is 1.50 bits per heavy atom. The standard InChI is InChI=1S/C15H10O5.H3O3P/c16-9-3-1-8(2-4-9)11-7-20-13-6-10(17)5-12(18)14(13)15(11)19;1-4(2)3/h1-7,16-18H;4H,(H2,1,2,3). The van der Waals surface area contributed by atoms with Gasteiger partial charge in [0.05, 0.1) is 5.56 Å². The molecule has 2 aromatic carbocycles. The molecule has 0 aliphatic rings. The molecule has 1 aromatic heterocycles. The van der Waals surface area contributed by atoms with Crippen molar-refractivity contribution < 1.29 is 34.1 Å². The van der Waals surface area contributed by atoms with Gasteiger partial charge in [-0.1, -0.05) is 12.1 Å². The normalized spacial score (nSPS) is 10.5. The first-order valence-corrected chi connectivity index (χ1v) is 7.78. The van der Waals surface area contributed by atoms with Crippen molar-refractivity contribution in [2.24, 2.45) is 0 Å². The Hall–Kier alpha value is -2.80. The second-order valence-corrected chi connectivity index (χ2v) is 5.21. The molecule has 0 saturated heterocycles. The molecule has 3 aromatic rings. The average Bonchev–Trinajstić information content (AvgIpc) is 2.47. The molecule has 0 fully saturated rings. The fourth-order valence-electron chi connectivity index (χ4n) is 2.06. The van der Waals surface area contributed by atoms with Crippen molar-refractivity contribution in [1.29, 1.82) is 0 Å². The summed E-state index contributed by atoms with van der Waals surface area (Å²) in [6, 6.07) is 8.40. The molecule has 126 valence electrons. The number of phenols is 3. The summed E-state index contributed by atoms with van der Waals surface area (Å²) in [4.78, 5) is 26.7. The van der Waals surface area contributed by atoms with Crippen molar-refractivity contribution in [2.75, 3.05) is 0 Å². The predicted molar refractivity (Wildman–Crippen MR) is 86.4 cm³/mol. The average molecular weight is 352 g/mol. The van der Waals surface area contributed by atoms with E-state index in [1.165, 1.54) is 24.5 Å². The van der Waals surface area contributed by atoms with Crippen LogP contribution in [-0.4, -0.2) is 25.1 Å². The molecular weight excluding hydrogens is 339 g/mol. The zero-order chi connectivity index (χ0) is 17.9. The predicted octanol–water partition coefficient (Wildman–Crippen LogP) is 1.94. The van der Waals surface area contributed by atoms with Crippen LogP contribution in [0.4, 0.5) is 0 Å². The van der Waals surface area contributed by atoms with Crippen molar-refractivity contribution in [3.63, 3.8) is 0 Å². The second kappa shape index (κ2) is 7.18. The smallest absolute Gasteiger partial charge is 0.314 e. The Morgan fingerprint density at radius 1 is 0.917 bits per heavy atom. The van der Waals surface area contributed by atoms with Crippen LogP contribution in [0.2, 0.25) is 0 Å². The Balaban J connectivity index is 0.000000471. The molecule has 5 N–H and O–H groups in total. The van der Waals surface area contributed by atoms with Crippen LogP contribution in [0.1, 0.15) is 0 Å². The maximum atomic E-state index is 12.4. The molecule has 0 unspecified atom stereocenters. The third kappa shape index (κ3) is 3.94. The van der Waals surface area contributed by atoms with Gasteiger partial charge in [-0.05, 0) is 17.7 Å². The Labute approximate surface area is 135 Å². The summed E-state index contributed by atoms with van der Waals surface area (Å²) >= 11 is 0. The van der Waals surface area contributed by atoms with E-state index in [-0.39, 0.29) is 33.8 Å². The molecule has 0 aliphatic carbocycles. The van der Waals surface area contributed by atoms with E-state index < -0.39 is 13.7 Å². The van der Waals surface area contributed by atoms with Crippen molar-refractivity contribution in [1.82, 2.24) is 0 Å². The molecule has 8 nitrogen and oxygen atoms in total. The number of hydrogen-bond acceptors (Lipinski definition) is 6. The fraction of sp³-hybridized carbons (Fsp3) is 0. The lowest BCUT2D eigenvalue weighted by atomic mass is 10.0. The number of phenolic OH excluding ortho intramolecular Hbond substituents is 3. The van der Waals surface area contributed by atoms with Gasteiger partial charge >= 0.3 is 8.25 Å². The van der Waals surface area contributed by atoms with Gasteiger partial charge in [0.2, 0.25) is 5.43 Å². The van der Waals surface area contributed by atoms with Crippen LogP contribution in [0.25, 0.3) is 22.1 Å². The van der Waals surface area contributed by atoms with Gasteiger partial charge in [0.1, 0.15) is 34.5 Å². The van der Waals surface area contributed by atoms with Gasteiger partial charge in [0.25, 0.3) is 0 Å². The summed E-state index contributed by atoms with van der Waals surface area (Å²) in [7, 11) is -3.13. The molecule has 0 aliphatic heterocycles. The molecule has 0 atom stereocenters. The molecule has 0 bridgehead atoms. The quantitative estimate of drug-likeness (QED) is 0.417. The molecule has 0 radical (unpaired) electrons. The van der Waals surface area contributed by atoms with Crippen LogP contribution in [0.5, 0.6) is 17.2 Å². The van der Waals surface area contributed by atoms with Crippen LogP contribution >= 0.6 is 8.25 Å². The van der Waals surface area contributed by atoms with E-state index in [9.17, 15) is 20.1 Å². The molecule has 0 amide bonds. The highest BCUT2D eigenvalue weighted by molar-refractivity contribution is 7.30. The lowest BCUT2D eigenvalue weighted by Crippen LogP contribution is -2.04. The first-order chi connectivity index (χ1) is 11.3. The number of benzene rings is 2. The van der Waals surface area contributed by atoms with E-state index in [1.54, 1.807) is 12.1 Å². The SMILES string of the molecule is O=[PH](O)O.O=c1c(-c2ccc(O)cc2)coc2cc(O)cc(O)c12. The lowest BCUT2D eigenvalue weighted by molar-refractivity contribution is 0.405. The Kier molecular flexibility index (Phi) is 5.25. The minimum Gasteiger partial charge on any atom is -0.508 e. The van der Waals surface area contributed by atoms with Crippen molar-refractivity contribution in [3.05, 3.63) is 52.9 Å². The van der Waals surface area contributed by atoms with Crippen LogP contribution in [-0.2, 0) is 4.57 Å². The molecule has 0 saturated carbocycles. The van der Waals surface area contributed by atoms with Crippen molar-refractivity contribution >= 4 is 19.2 Å². The molecule has 9 heteroatoms. The molecule has 1 heterocycles. The minimum atomic E-state index is -3.13. The van der Waals surface area contributed by atoms with Crippen LogP contribution in [0, 0.1) is 0 Å². The summed E-state index contributed by atoms with van der Waals surface area (Å²) in [5, 5.41) is 28.4. The number of rotatable bonds is 1. The first-order valence-electron chi connectivity index (χ1n) is 6.48. The maximum Gasteiger partial charge on any atom is 0.314 e. The third-order valence-electron chi connectivity index (χ3n) is 3.02. The van der Waals surface area contributed by atoms with E-state index in [0.717, 1.165) is 6.07 Å². The summed E-state index contributed by atoms with van der Waals surface area (Å²) in [6.07, 6.45) is 1.26. The second-order valence-electron chi connectivity index (χ2n) is 4.65. The topological polar surface area (TPSA) is 148 Å². The number of hydrogen-bond donors (Lipinski definition) is 5. The molecule has 0 spiro atoms. The molecule has 24 heavy (non-hydrogen) atoms. The summed E-state index contributed by atoms with van der Waals surface area (Å²) in [5.41, 5.74) is 0.522. The van der Waals surface area contributed by atoms with Gasteiger partial charge in [0.15, 0.2) is 0 Å². The summed E-state index contributed by atoms with van der Waals surface area (Å²) in [5.74, 6) is -0.434. The van der Waals surface area contributed by atoms with Gasteiger partial charge in [-0.25, -0.2) is 0 Å². The van der Waals surface area contributed by atoms with Crippen LogP contribution < -0.4 is 5.43 Å². The van der Waals surface area contributed by atoms with Gasteiger partial charge in [-0.2, -0.15) is 0 Å². The molecular formula is C15H13O8P. The molecule has 3 rings (SSSR count). The highest BCUT2D eigenvalue weighted by Crippen LogP contribution is 2.29. The number of fused-ring (bicyclic) bond motifs is 1. The monoisotopic (exact) mass is 352 g/mol. The van der Waals surface area contributed by atoms with E-state index in [4.69, 9.17) is 18.8 Å². The zero-order valence-corrected chi connectivity index (χ0v) is 13.0. The highest BCUT2D eigenvalue weighted by Gasteiger charge is 2.13. The van der Waals surface area contributed by atoms with Gasteiger partial charge in [-0.3, -0.25) is 9.36 Å². The first kappa shape index (κ1) is 17.6. The number of aromatic hydroxyl groups is 3. The third-order valence-corrected chi connectivity index (χ3v) is 3.02. The van der Waals surface area contributed by atoms with Gasteiger partial charge < -0.3 is 29.5 Å². The lowest BCUT2D eigenvalue weighted by Gasteiger charge is -2.05. The largest absolute Gasteiger partial charge is 0.508 e. The van der Waals surface area contributed by atoms with E-state index in [2.05, 4.69) is 0 Å². The Morgan fingerprint density at radius 3 is 2.08 bits per heavy atom. The Bertz CT molecular complexity index is 942. The van der Waals surface area contributed by atoms with E-state index in [1.807, 2.05) is 0 Å². The summed E-state index contributed by atoms with van der Waals surface area (Å²) in [6.45, 7) is 0. The van der Waals surface area contributed by atoms with E-state index in [0.29, 0.717) is 5.56 Å². The van der Waals surface area contributed by atoms with Crippen molar-refractivity contribution in [3.8, 4) is 28.4 Å². The minimum absolute atomic E-state index is 0.00775. The van der Waals surface area contributed by atoms with Crippen LogP contribution in [0.15, 0.2) is 51.9 Å². The van der Waals surface area contributed by atoms with Gasteiger partial charge in [-0.15, -0.1) is 0 Å². The fourth-order valence-corrected chi connectivity index (χ4v) is 2.06. The van der Waals surface area contributed by atoms with E-state index >= 15 is 0 Å². The maximum absolute atomic E-state index is 12.4. The highest BCUT2D eigenvalue weighted by atomic mass is 31.1. The van der Waals surface area contributed by atoms with Gasteiger partial charge in [0, 0.05) is 12.1 Å². The summed E-state index contributed by atoms with van der Waals surface area (Å²) < 4.78 is 14.0. The van der Waals surface area contributed by atoms with Crippen molar-refractivity contribution in [2.45, 2.75) is 0 Å². The van der Waals surface area contributed by atoms with Crippen LogP contribution in [0.3, 0.4) is 0 Å².